The molecule has 0 aromatic rings. The second-order valence-electron chi connectivity index (χ2n) is 3.89. The summed E-state index contributed by atoms with van der Waals surface area (Å²) in [5, 5.41) is 0. The van der Waals surface area contributed by atoms with E-state index in [1.165, 1.54) is 0 Å². The van der Waals surface area contributed by atoms with E-state index in [9.17, 15) is 14.4 Å². The summed E-state index contributed by atoms with van der Waals surface area (Å²) >= 11 is 0. The molecule has 94 valence electrons. The van der Waals surface area contributed by atoms with Crippen LogP contribution >= 0.6 is 0 Å². The molecule has 0 bridgehead atoms. The highest BCUT2D eigenvalue weighted by Crippen LogP contribution is 2.06. The summed E-state index contributed by atoms with van der Waals surface area (Å²) in [5.41, 5.74) is 0. The van der Waals surface area contributed by atoms with Gasteiger partial charge in [-0.15, -0.1) is 0 Å². The van der Waals surface area contributed by atoms with Crippen LogP contribution in [0.5, 0.6) is 0 Å². The van der Waals surface area contributed by atoms with Crippen molar-refractivity contribution in [2.24, 2.45) is 0 Å². The Bertz CT molecular complexity index is 317. The van der Waals surface area contributed by atoms with Crippen molar-refractivity contribution in [1.29, 1.82) is 0 Å². The largest absolute Gasteiger partial charge is 0.444 e. The lowest BCUT2D eigenvalue weighted by Crippen LogP contribution is -2.33. The first kappa shape index (κ1) is 13.4. The summed E-state index contributed by atoms with van der Waals surface area (Å²) in [6.07, 6.45) is 6.65. The molecule has 2 amide bonds. The summed E-state index contributed by atoms with van der Waals surface area (Å²) in [6, 6.07) is 0. The molecule has 1 rings (SSSR count). The Balaban J connectivity index is 2.16. The molecular weight excluding hydrogens is 222 g/mol. The van der Waals surface area contributed by atoms with Crippen LogP contribution in [0.4, 0.5) is 0 Å². The number of ether oxygens (including phenoxy) is 1. The molecule has 0 aliphatic carbocycles. The summed E-state index contributed by atoms with van der Waals surface area (Å²) in [7, 11) is 0. The Morgan fingerprint density at radius 3 is 2.41 bits per heavy atom. The third kappa shape index (κ3) is 4.38. The van der Waals surface area contributed by atoms with Gasteiger partial charge in [0.05, 0.1) is 0 Å². The van der Waals surface area contributed by atoms with Gasteiger partial charge in [-0.1, -0.05) is 26.2 Å². The average Bonchev–Trinajstić information content (AvgIpc) is 2.62. The third-order valence-electron chi connectivity index (χ3n) is 2.49. The van der Waals surface area contributed by atoms with Gasteiger partial charge in [0, 0.05) is 18.6 Å². The molecule has 1 aliphatic rings. The number of hydrogen-bond donors (Lipinski definition) is 0. The Morgan fingerprint density at radius 2 is 1.82 bits per heavy atom. The zero-order valence-corrected chi connectivity index (χ0v) is 9.98. The SMILES string of the molecule is CCCCCCC(=O)OCN1C(=O)C=CC1=O. The van der Waals surface area contributed by atoms with E-state index >= 15 is 0 Å². The molecule has 1 aliphatic heterocycles. The van der Waals surface area contributed by atoms with Crippen LogP contribution < -0.4 is 0 Å². The van der Waals surface area contributed by atoms with Crippen molar-refractivity contribution in [3.8, 4) is 0 Å². The summed E-state index contributed by atoms with van der Waals surface area (Å²) in [5.74, 6) is -1.24. The Labute approximate surface area is 100 Å². The quantitative estimate of drug-likeness (QED) is 0.382. The van der Waals surface area contributed by atoms with Gasteiger partial charge in [-0.05, 0) is 6.42 Å². The highest BCUT2D eigenvalue weighted by molar-refractivity contribution is 6.12. The van der Waals surface area contributed by atoms with Crippen molar-refractivity contribution >= 4 is 17.8 Å². The standard InChI is InChI=1S/C12H17NO4/c1-2-3-4-5-6-12(16)17-9-13-10(14)7-8-11(13)15/h7-8H,2-6,9H2,1H3. The Kier molecular flexibility index (Phi) is 5.39. The zero-order chi connectivity index (χ0) is 12.7. The van der Waals surface area contributed by atoms with Gasteiger partial charge in [0.25, 0.3) is 11.8 Å². The van der Waals surface area contributed by atoms with Gasteiger partial charge < -0.3 is 4.74 Å². The summed E-state index contributed by atoms with van der Waals surface area (Å²) in [6.45, 7) is 1.81. The van der Waals surface area contributed by atoms with Crippen molar-refractivity contribution in [3.05, 3.63) is 12.2 Å². The number of unbranched alkanes of at least 4 members (excludes halogenated alkanes) is 3. The molecule has 17 heavy (non-hydrogen) atoms. The van der Waals surface area contributed by atoms with Crippen molar-refractivity contribution < 1.29 is 19.1 Å². The first-order valence-electron chi connectivity index (χ1n) is 5.84. The van der Waals surface area contributed by atoms with Crippen LogP contribution in [0, 0.1) is 0 Å². The zero-order valence-electron chi connectivity index (χ0n) is 9.98. The molecule has 0 aromatic heterocycles. The monoisotopic (exact) mass is 239 g/mol. The van der Waals surface area contributed by atoms with E-state index in [2.05, 4.69) is 6.92 Å². The molecule has 5 nitrogen and oxygen atoms in total. The van der Waals surface area contributed by atoms with Crippen LogP contribution in [0.1, 0.15) is 39.0 Å². The molecule has 0 fully saturated rings. The molecule has 0 saturated heterocycles. The molecule has 0 N–H and O–H groups in total. The molecule has 0 unspecified atom stereocenters. The van der Waals surface area contributed by atoms with E-state index in [1.807, 2.05) is 0 Å². The lowest BCUT2D eigenvalue weighted by Gasteiger charge is -2.13. The minimum absolute atomic E-state index is 0.280. The Morgan fingerprint density at radius 1 is 1.18 bits per heavy atom. The molecule has 0 atom stereocenters. The summed E-state index contributed by atoms with van der Waals surface area (Å²) < 4.78 is 4.85. The van der Waals surface area contributed by atoms with Gasteiger partial charge in [0.15, 0.2) is 6.73 Å². The van der Waals surface area contributed by atoms with Gasteiger partial charge in [0.1, 0.15) is 0 Å². The fourth-order valence-electron chi connectivity index (χ4n) is 1.46. The van der Waals surface area contributed by atoms with E-state index in [4.69, 9.17) is 4.74 Å². The second-order valence-corrected chi connectivity index (χ2v) is 3.89. The minimum atomic E-state index is -0.436. The van der Waals surface area contributed by atoms with E-state index in [0.717, 1.165) is 42.7 Å². The maximum atomic E-state index is 11.3. The Hall–Kier alpha value is -1.65. The second kappa shape index (κ2) is 6.83. The van der Waals surface area contributed by atoms with Gasteiger partial charge >= 0.3 is 5.97 Å². The van der Waals surface area contributed by atoms with Crippen molar-refractivity contribution in [2.45, 2.75) is 39.0 Å². The first-order valence-corrected chi connectivity index (χ1v) is 5.84. The highest BCUT2D eigenvalue weighted by atomic mass is 16.5. The molecular formula is C12H17NO4. The average molecular weight is 239 g/mol. The van der Waals surface area contributed by atoms with E-state index in [1.54, 1.807) is 0 Å². The third-order valence-corrected chi connectivity index (χ3v) is 2.49. The van der Waals surface area contributed by atoms with Crippen LogP contribution in [0.2, 0.25) is 0 Å². The molecule has 0 aromatic carbocycles. The van der Waals surface area contributed by atoms with E-state index < -0.39 is 11.8 Å². The number of rotatable bonds is 7. The summed E-state index contributed by atoms with van der Waals surface area (Å²) in [4.78, 5) is 34.4. The van der Waals surface area contributed by atoms with Crippen LogP contribution in [0.25, 0.3) is 0 Å². The molecule has 0 radical (unpaired) electrons. The normalized spacial score (nSPS) is 14.5. The van der Waals surface area contributed by atoms with Gasteiger partial charge in [-0.2, -0.15) is 0 Å². The number of amides is 2. The maximum Gasteiger partial charge on any atom is 0.307 e. The predicted octanol–water partition coefficient (Wildman–Crippen LogP) is 1.38. The molecule has 0 spiro atoms. The number of hydrogen-bond acceptors (Lipinski definition) is 4. The van der Waals surface area contributed by atoms with Crippen LogP contribution in [-0.4, -0.2) is 29.4 Å². The van der Waals surface area contributed by atoms with Crippen LogP contribution in [-0.2, 0) is 19.1 Å². The van der Waals surface area contributed by atoms with Crippen molar-refractivity contribution in [1.82, 2.24) is 4.90 Å². The molecule has 1 heterocycles. The topological polar surface area (TPSA) is 63.7 Å². The fraction of sp³-hybridized carbons (Fsp3) is 0.583. The van der Waals surface area contributed by atoms with Gasteiger partial charge in [0.2, 0.25) is 0 Å². The first-order chi connectivity index (χ1) is 8.15. The maximum absolute atomic E-state index is 11.3. The minimum Gasteiger partial charge on any atom is -0.444 e. The lowest BCUT2D eigenvalue weighted by molar-refractivity contribution is -0.154. The molecule has 0 saturated carbocycles. The number of nitrogens with zero attached hydrogens (tertiary/aromatic N) is 1. The van der Waals surface area contributed by atoms with Crippen LogP contribution in [0.3, 0.4) is 0 Å². The number of carbonyl (C=O) groups excluding carboxylic acids is 3. The lowest BCUT2D eigenvalue weighted by atomic mass is 10.2. The number of esters is 1. The van der Waals surface area contributed by atoms with Gasteiger partial charge in [-0.25, -0.2) is 4.90 Å². The smallest absolute Gasteiger partial charge is 0.307 e. The number of carbonyl (C=O) groups is 3. The van der Waals surface area contributed by atoms with E-state index in [-0.39, 0.29) is 12.7 Å². The van der Waals surface area contributed by atoms with Crippen LogP contribution in [0.15, 0.2) is 12.2 Å². The van der Waals surface area contributed by atoms with Gasteiger partial charge in [-0.3, -0.25) is 14.4 Å². The van der Waals surface area contributed by atoms with Crippen molar-refractivity contribution in [3.63, 3.8) is 0 Å². The number of imide groups is 1. The van der Waals surface area contributed by atoms with Crippen molar-refractivity contribution in [2.75, 3.05) is 6.73 Å². The predicted molar refractivity (Wildman–Crippen MR) is 60.7 cm³/mol. The molecule has 5 heteroatoms. The fourth-order valence-corrected chi connectivity index (χ4v) is 1.46. The van der Waals surface area contributed by atoms with E-state index in [0.29, 0.717) is 6.42 Å². The highest BCUT2D eigenvalue weighted by Gasteiger charge is 2.24.